The lowest BCUT2D eigenvalue weighted by Gasteiger charge is -2.19. The molecule has 7 nitrogen and oxygen atoms in total. The molecular formula is C10H11F2N3O4. The van der Waals surface area contributed by atoms with Crippen molar-refractivity contribution < 1.29 is 24.1 Å². The van der Waals surface area contributed by atoms with E-state index >= 15 is 0 Å². The van der Waals surface area contributed by atoms with E-state index < -0.39 is 53.6 Å². The highest BCUT2D eigenvalue weighted by Gasteiger charge is 2.43. The minimum absolute atomic E-state index is 0.457. The van der Waals surface area contributed by atoms with Crippen LogP contribution in [0.1, 0.15) is 6.04 Å². The molecule has 1 aromatic rings. The maximum atomic E-state index is 13.9. The highest BCUT2D eigenvalue weighted by atomic mass is 19.1. The molecule has 19 heavy (non-hydrogen) atoms. The summed E-state index contributed by atoms with van der Waals surface area (Å²) in [5.41, 5.74) is 3.55. The molecule has 104 valence electrons. The van der Waals surface area contributed by atoms with Crippen LogP contribution in [0.4, 0.5) is 14.6 Å². The molecule has 0 saturated carbocycles. The monoisotopic (exact) mass is 275 g/mol. The van der Waals surface area contributed by atoms with Crippen molar-refractivity contribution in [3.63, 3.8) is 0 Å². The van der Waals surface area contributed by atoms with E-state index in [9.17, 15) is 23.8 Å². The normalized spacial score (nSPS) is 27.1. The molecule has 2 rings (SSSR count). The molecular weight excluding hydrogens is 264 g/mol. The molecule has 0 aliphatic heterocycles. The first-order chi connectivity index (χ1) is 8.88. The maximum absolute atomic E-state index is 13.9. The van der Waals surface area contributed by atoms with Gasteiger partial charge in [0.25, 0.3) is 0 Å². The summed E-state index contributed by atoms with van der Waals surface area (Å²) in [5.74, 6) is -2.82. The smallest absolute Gasteiger partial charge is 0.350 e. The molecule has 0 radical (unpaired) electrons. The zero-order valence-corrected chi connectivity index (χ0v) is 9.49. The van der Waals surface area contributed by atoms with Crippen molar-refractivity contribution in [2.24, 2.45) is 0 Å². The third kappa shape index (κ3) is 2.01. The highest BCUT2D eigenvalue weighted by molar-refractivity contribution is 5.31. The third-order valence-electron chi connectivity index (χ3n) is 2.97. The Labute approximate surface area is 105 Å². The van der Waals surface area contributed by atoms with E-state index in [4.69, 9.17) is 10.8 Å². The van der Waals surface area contributed by atoms with Gasteiger partial charge in [-0.1, -0.05) is 0 Å². The fraction of sp³-hybridized carbons (Fsp3) is 0.400. The maximum Gasteiger partial charge on any atom is 0.350 e. The Kier molecular flexibility index (Phi) is 3.35. The number of halogens is 2. The molecule has 0 amide bonds. The van der Waals surface area contributed by atoms with Crippen LogP contribution in [0.2, 0.25) is 0 Å². The van der Waals surface area contributed by atoms with E-state index in [1.165, 1.54) is 0 Å². The second-order valence-corrected chi connectivity index (χ2v) is 4.08. The van der Waals surface area contributed by atoms with Gasteiger partial charge in [0.2, 0.25) is 0 Å². The largest absolute Gasteiger partial charge is 0.392 e. The predicted molar refractivity (Wildman–Crippen MR) is 59.1 cm³/mol. The van der Waals surface area contributed by atoms with Gasteiger partial charge in [-0.25, -0.2) is 13.6 Å². The second kappa shape index (κ2) is 4.68. The third-order valence-corrected chi connectivity index (χ3v) is 2.97. The number of hydrogen-bond acceptors (Lipinski definition) is 6. The first kappa shape index (κ1) is 13.6. The van der Waals surface area contributed by atoms with Crippen LogP contribution >= 0.6 is 0 Å². The fourth-order valence-electron chi connectivity index (χ4n) is 1.97. The second-order valence-electron chi connectivity index (χ2n) is 4.08. The van der Waals surface area contributed by atoms with E-state index in [2.05, 4.69) is 4.98 Å². The number of nitrogens with two attached hydrogens (primary N) is 1. The van der Waals surface area contributed by atoms with Gasteiger partial charge in [0.05, 0.1) is 6.61 Å². The van der Waals surface area contributed by atoms with Crippen molar-refractivity contribution in [3.05, 3.63) is 33.9 Å². The first-order valence-corrected chi connectivity index (χ1v) is 5.28. The zero-order chi connectivity index (χ0) is 14.3. The number of aliphatic hydroxyl groups is 3. The van der Waals surface area contributed by atoms with Crippen LogP contribution in [0.5, 0.6) is 0 Å². The molecule has 0 aromatic carbocycles. The van der Waals surface area contributed by atoms with Crippen LogP contribution < -0.4 is 11.4 Å². The molecule has 0 fully saturated rings. The van der Waals surface area contributed by atoms with Crippen molar-refractivity contribution in [2.75, 3.05) is 12.3 Å². The molecule has 3 unspecified atom stereocenters. The molecule has 0 saturated heterocycles. The van der Waals surface area contributed by atoms with Gasteiger partial charge in [-0.05, 0) is 0 Å². The lowest BCUT2D eigenvalue weighted by Crippen LogP contribution is -2.36. The first-order valence-electron chi connectivity index (χ1n) is 5.28. The van der Waals surface area contributed by atoms with Crippen molar-refractivity contribution in [3.8, 4) is 0 Å². The minimum Gasteiger partial charge on any atom is -0.392 e. The molecule has 0 spiro atoms. The molecule has 3 atom stereocenters. The van der Waals surface area contributed by atoms with Gasteiger partial charge >= 0.3 is 5.69 Å². The Balaban J connectivity index is 2.57. The van der Waals surface area contributed by atoms with Crippen LogP contribution in [-0.2, 0) is 0 Å². The molecule has 0 bridgehead atoms. The van der Waals surface area contributed by atoms with Gasteiger partial charge in [-0.3, -0.25) is 4.57 Å². The summed E-state index contributed by atoms with van der Waals surface area (Å²) in [6.45, 7) is -0.833. The number of hydrogen-bond donors (Lipinski definition) is 4. The quantitative estimate of drug-likeness (QED) is 0.519. The molecule has 1 aliphatic rings. The Morgan fingerprint density at radius 2 is 2.05 bits per heavy atom. The Morgan fingerprint density at radius 3 is 2.58 bits per heavy atom. The van der Waals surface area contributed by atoms with Gasteiger partial charge < -0.3 is 21.1 Å². The van der Waals surface area contributed by atoms with Crippen LogP contribution in [0.15, 0.2) is 22.4 Å². The summed E-state index contributed by atoms with van der Waals surface area (Å²) < 4.78 is 27.7. The van der Waals surface area contributed by atoms with Crippen LogP contribution in [0.25, 0.3) is 0 Å². The van der Waals surface area contributed by atoms with E-state index in [0.717, 1.165) is 0 Å². The van der Waals surface area contributed by atoms with Gasteiger partial charge in [0.1, 0.15) is 24.1 Å². The fourth-order valence-corrected chi connectivity index (χ4v) is 1.97. The number of rotatable bonds is 2. The molecule has 5 N–H and O–H groups in total. The van der Waals surface area contributed by atoms with E-state index in [1.807, 2.05) is 0 Å². The summed E-state index contributed by atoms with van der Waals surface area (Å²) in [7, 11) is 0. The van der Waals surface area contributed by atoms with E-state index in [1.54, 1.807) is 0 Å². The van der Waals surface area contributed by atoms with Crippen LogP contribution in [0, 0.1) is 5.82 Å². The Hall–Kier alpha value is -1.84. The number of nitrogens with zero attached hydrogens (tertiary/aromatic N) is 2. The summed E-state index contributed by atoms with van der Waals surface area (Å²) in [5, 5.41) is 28.1. The average Bonchev–Trinajstić information content (AvgIpc) is 2.56. The van der Waals surface area contributed by atoms with Gasteiger partial charge in [-0.15, -0.1) is 0 Å². The number of aromatic nitrogens is 2. The average molecular weight is 275 g/mol. The van der Waals surface area contributed by atoms with Crippen molar-refractivity contribution in [2.45, 2.75) is 18.2 Å². The van der Waals surface area contributed by atoms with Gasteiger partial charge in [0, 0.05) is 11.8 Å². The molecule has 1 aliphatic carbocycles. The van der Waals surface area contributed by atoms with Crippen molar-refractivity contribution >= 4 is 5.82 Å². The van der Waals surface area contributed by atoms with Crippen LogP contribution in [-0.4, -0.2) is 43.7 Å². The Morgan fingerprint density at radius 1 is 1.42 bits per heavy atom. The minimum atomic E-state index is -1.73. The standard InChI is InChI=1S/C10H11F2N3O4/c11-4-1-15(10(19)14-9(4)13)6-5(12)3(2-16)7(17)8(6)18/h1,6-8,16-18H,2H2,(H2,13,14,19). The Bertz CT molecular complexity index is 601. The predicted octanol–water partition coefficient (Wildman–Crippen LogP) is -1.54. The SMILES string of the molecule is Nc1nc(=O)n(C2C(F)=C(CO)C(O)C2O)cc1F. The summed E-state index contributed by atoms with van der Waals surface area (Å²) >= 11 is 0. The zero-order valence-electron chi connectivity index (χ0n) is 9.49. The van der Waals surface area contributed by atoms with Crippen molar-refractivity contribution in [1.29, 1.82) is 0 Å². The van der Waals surface area contributed by atoms with Crippen LogP contribution in [0.3, 0.4) is 0 Å². The number of anilines is 1. The molecule has 1 heterocycles. The van der Waals surface area contributed by atoms with Crippen molar-refractivity contribution in [1.82, 2.24) is 9.55 Å². The topological polar surface area (TPSA) is 122 Å². The van der Waals surface area contributed by atoms with E-state index in [-0.39, 0.29) is 0 Å². The van der Waals surface area contributed by atoms with E-state index in [0.29, 0.717) is 10.8 Å². The lowest BCUT2D eigenvalue weighted by molar-refractivity contribution is 0.0242. The molecule has 9 heteroatoms. The lowest BCUT2D eigenvalue weighted by atomic mass is 10.1. The number of nitrogen functional groups attached to an aromatic ring is 1. The molecule has 1 aromatic heterocycles. The summed E-state index contributed by atoms with van der Waals surface area (Å²) in [4.78, 5) is 14.7. The summed E-state index contributed by atoms with van der Waals surface area (Å²) in [6, 6.07) is -1.65. The van der Waals surface area contributed by atoms with Gasteiger partial charge in [-0.2, -0.15) is 4.98 Å². The van der Waals surface area contributed by atoms with Gasteiger partial charge in [0.15, 0.2) is 11.6 Å². The summed E-state index contributed by atoms with van der Waals surface area (Å²) in [6.07, 6.45) is -2.82. The highest BCUT2D eigenvalue weighted by Crippen LogP contribution is 2.36. The number of aliphatic hydroxyl groups excluding tert-OH is 3.